The van der Waals surface area contributed by atoms with Crippen LogP contribution in [0, 0.1) is 17.7 Å². The number of nitrogens with two attached hydrogens (primary N) is 1. The molecule has 3 aliphatic carbocycles. The van der Waals surface area contributed by atoms with Crippen molar-refractivity contribution < 1.29 is 39.2 Å². The average Bonchev–Trinajstić information content (AvgIpc) is 2.70. The molecule has 6 atom stereocenters. The number of carbonyl (C=O) groups excluding carboxylic acids is 3. The predicted molar refractivity (Wildman–Crippen MR) is 108 cm³/mol. The summed E-state index contributed by atoms with van der Waals surface area (Å²) in [7, 11) is 2.94. The summed E-state index contributed by atoms with van der Waals surface area (Å²) in [5.74, 6) is -9.78. The zero-order chi connectivity index (χ0) is 23.9. The standard InChI is InChI=1S/C22H23FN2O7/c1-7-8-5-4-6-9(23)11(8)16(26)12-10(7)17(27)14-15(25(2)3)18(28)13(21(24)31)20(30)22(14,32)19(12)29/h4-7,10,14-15,17,27-29,32H,1-3H3,(H2,24,31)/t7-,10+,14+,15-,17-,22-/m0/s1. The number of likely N-dealkylation sites (N-methyl/N-ethyl adjacent to an activating group) is 1. The lowest BCUT2D eigenvalue weighted by molar-refractivity contribution is -0.162. The highest BCUT2D eigenvalue weighted by Gasteiger charge is 2.67. The Kier molecular flexibility index (Phi) is 4.81. The molecule has 170 valence electrons. The van der Waals surface area contributed by atoms with Crippen molar-refractivity contribution in [3.63, 3.8) is 0 Å². The van der Waals surface area contributed by atoms with E-state index >= 15 is 0 Å². The van der Waals surface area contributed by atoms with Crippen LogP contribution in [0.3, 0.4) is 0 Å². The number of amides is 1. The van der Waals surface area contributed by atoms with E-state index in [-0.39, 0.29) is 5.56 Å². The molecule has 0 bridgehead atoms. The number of Topliss-reactive ketones (excluding diaryl/α,β-unsaturated/α-hetero) is 2. The third-order valence-corrected chi connectivity index (χ3v) is 6.97. The largest absolute Gasteiger partial charge is 0.510 e. The van der Waals surface area contributed by atoms with Crippen molar-refractivity contribution in [1.29, 1.82) is 0 Å². The fourth-order valence-electron chi connectivity index (χ4n) is 5.56. The van der Waals surface area contributed by atoms with Crippen LogP contribution in [0.25, 0.3) is 0 Å². The highest BCUT2D eigenvalue weighted by atomic mass is 19.1. The molecule has 0 aromatic heterocycles. The number of primary amides is 1. The summed E-state index contributed by atoms with van der Waals surface area (Å²) < 4.78 is 14.5. The van der Waals surface area contributed by atoms with Gasteiger partial charge in [-0.25, -0.2) is 4.39 Å². The van der Waals surface area contributed by atoms with E-state index in [0.29, 0.717) is 5.56 Å². The molecule has 0 spiro atoms. The summed E-state index contributed by atoms with van der Waals surface area (Å²) in [6, 6.07) is 2.71. The van der Waals surface area contributed by atoms with Gasteiger partial charge >= 0.3 is 0 Å². The van der Waals surface area contributed by atoms with E-state index in [4.69, 9.17) is 5.73 Å². The van der Waals surface area contributed by atoms with Gasteiger partial charge in [0.1, 0.15) is 22.9 Å². The molecule has 0 unspecified atom stereocenters. The van der Waals surface area contributed by atoms with E-state index in [0.717, 1.165) is 6.07 Å². The smallest absolute Gasteiger partial charge is 0.255 e. The van der Waals surface area contributed by atoms with Gasteiger partial charge in [-0.15, -0.1) is 0 Å². The Morgan fingerprint density at radius 3 is 2.41 bits per heavy atom. The Morgan fingerprint density at radius 1 is 1.22 bits per heavy atom. The van der Waals surface area contributed by atoms with E-state index < -0.39 is 81.5 Å². The number of carbonyl (C=O) groups is 3. The van der Waals surface area contributed by atoms with Gasteiger partial charge in [-0.2, -0.15) is 0 Å². The average molecular weight is 446 g/mol. The Morgan fingerprint density at radius 2 is 1.84 bits per heavy atom. The number of nitrogens with zero attached hydrogens (tertiary/aromatic N) is 1. The van der Waals surface area contributed by atoms with Crippen molar-refractivity contribution in [2.24, 2.45) is 17.6 Å². The lowest BCUT2D eigenvalue weighted by Crippen LogP contribution is -2.68. The monoisotopic (exact) mass is 446 g/mol. The third kappa shape index (κ3) is 2.51. The molecule has 9 nitrogen and oxygen atoms in total. The number of fused-ring (bicyclic) bond motifs is 3. The van der Waals surface area contributed by atoms with Gasteiger partial charge in [0.2, 0.25) is 5.78 Å². The van der Waals surface area contributed by atoms with Crippen LogP contribution in [-0.4, -0.2) is 74.6 Å². The summed E-state index contributed by atoms with van der Waals surface area (Å²) in [5, 5.41) is 44.6. The first-order chi connectivity index (χ1) is 14.9. The molecular formula is C22H23FN2O7. The number of benzene rings is 1. The minimum atomic E-state index is -2.94. The molecule has 0 radical (unpaired) electrons. The summed E-state index contributed by atoms with van der Waals surface area (Å²) in [5.41, 5.74) is 0.854. The zero-order valence-electron chi connectivity index (χ0n) is 17.5. The quantitative estimate of drug-likeness (QED) is 0.399. The first-order valence-corrected chi connectivity index (χ1v) is 9.98. The summed E-state index contributed by atoms with van der Waals surface area (Å²) >= 11 is 0. The van der Waals surface area contributed by atoms with Gasteiger partial charge in [0, 0.05) is 11.5 Å². The lowest BCUT2D eigenvalue weighted by Gasteiger charge is -2.53. The Bertz CT molecular complexity index is 1140. The second-order valence-corrected chi connectivity index (χ2v) is 8.75. The Hall–Kier alpha value is -3.08. The van der Waals surface area contributed by atoms with Crippen LogP contribution in [-0.2, 0) is 9.59 Å². The van der Waals surface area contributed by atoms with Crippen LogP contribution < -0.4 is 5.73 Å². The SMILES string of the molecule is C[C@H]1c2cccc(F)c2C(=O)C2=C(O)[C@]3(O)C(=O)C(C(N)=O)=C(O)[C@@H](N(C)C)[C@@H]3[C@@H](O)[C@@H]21. The fraction of sp³-hybridized carbons (Fsp3) is 0.409. The highest BCUT2D eigenvalue weighted by Crippen LogP contribution is 2.54. The van der Waals surface area contributed by atoms with Crippen molar-refractivity contribution in [1.82, 2.24) is 4.90 Å². The third-order valence-electron chi connectivity index (χ3n) is 6.97. The predicted octanol–water partition coefficient (Wildman–Crippen LogP) is 0.0859. The number of ketones is 2. The van der Waals surface area contributed by atoms with E-state index in [1.165, 1.54) is 31.1 Å². The van der Waals surface area contributed by atoms with Crippen molar-refractivity contribution in [3.8, 4) is 0 Å². The Balaban J connectivity index is 2.06. The second-order valence-electron chi connectivity index (χ2n) is 8.75. The van der Waals surface area contributed by atoms with E-state index in [1.54, 1.807) is 6.92 Å². The van der Waals surface area contributed by atoms with Gasteiger partial charge in [-0.05, 0) is 31.6 Å². The summed E-state index contributed by atoms with van der Waals surface area (Å²) in [4.78, 5) is 39.7. The van der Waals surface area contributed by atoms with Crippen LogP contribution in [0.1, 0.15) is 28.8 Å². The topological polar surface area (TPSA) is 161 Å². The number of hydrogen-bond donors (Lipinski definition) is 5. The first-order valence-electron chi connectivity index (χ1n) is 9.98. The number of rotatable bonds is 2. The minimum absolute atomic E-state index is 0.308. The molecule has 1 amide bonds. The maximum atomic E-state index is 14.5. The summed E-state index contributed by atoms with van der Waals surface area (Å²) in [6.45, 7) is 1.62. The van der Waals surface area contributed by atoms with E-state index in [1.807, 2.05) is 0 Å². The first kappa shape index (κ1) is 22.1. The van der Waals surface area contributed by atoms with Gasteiger partial charge in [0.15, 0.2) is 11.4 Å². The van der Waals surface area contributed by atoms with Crippen molar-refractivity contribution >= 4 is 17.5 Å². The number of aliphatic hydroxyl groups is 4. The van der Waals surface area contributed by atoms with Crippen molar-refractivity contribution in [2.75, 3.05) is 14.1 Å². The van der Waals surface area contributed by atoms with Crippen LogP contribution >= 0.6 is 0 Å². The van der Waals surface area contributed by atoms with Gasteiger partial charge < -0.3 is 26.2 Å². The van der Waals surface area contributed by atoms with Crippen molar-refractivity contribution in [2.45, 2.75) is 30.6 Å². The zero-order valence-corrected chi connectivity index (χ0v) is 17.5. The lowest BCUT2D eigenvalue weighted by atomic mass is 9.55. The minimum Gasteiger partial charge on any atom is -0.510 e. The summed E-state index contributed by atoms with van der Waals surface area (Å²) in [6.07, 6.45) is -1.63. The van der Waals surface area contributed by atoms with Gasteiger partial charge in [0.25, 0.3) is 5.91 Å². The molecule has 0 aliphatic heterocycles. The van der Waals surface area contributed by atoms with Crippen LogP contribution in [0.2, 0.25) is 0 Å². The van der Waals surface area contributed by atoms with Crippen LogP contribution in [0.4, 0.5) is 4.39 Å². The number of halogens is 1. The molecule has 10 heteroatoms. The number of hydrogen-bond acceptors (Lipinski definition) is 8. The molecule has 0 heterocycles. The van der Waals surface area contributed by atoms with Crippen LogP contribution in [0.15, 0.2) is 40.9 Å². The highest BCUT2D eigenvalue weighted by molar-refractivity contribution is 6.24. The molecule has 32 heavy (non-hydrogen) atoms. The molecule has 0 fully saturated rings. The Labute approximate surface area is 182 Å². The van der Waals surface area contributed by atoms with Gasteiger partial charge in [0.05, 0.1) is 23.6 Å². The van der Waals surface area contributed by atoms with Gasteiger partial charge in [-0.3, -0.25) is 19.3 Å². The van der Waals surface area contributed by atoms with Gasteiger partial charge in [-0.1, -0.05) is 19.1 Å². The molecule has 6 N–H and O–H groups in total. The van der Waals surface area contributed by atoms with Crippen LogP contribution in [0.5, 0.6) is 0 Å². The molecular weight excluding hydrogens is 423 g/mol. The number of aliphatic hydroxyl groups excluding tert-OH is 3. The fourth-order valence-corrected chi connectivity index (χ4v) is 5.56. The van der Waals surface area contributed by atoms with E-state index in [9.17, 15) is 39.2 Å². The maximum absolute atomic E-state index is 14.5. The normalized spacial score (nSPS) is 34.4. The molecule has 0 saturated carbocycles. The maximum Gasteiger partial charge on any atom is 0.255 e. The molecule has 0 saturated heterocycles. The molecule has 4 rings (SSSR count). The molecule has 3 aliphatic rings. The molecule has 1 aromatic carbocycles. The van der Waals surface area contributed by atoms with Crippen molar-refractivity contribution in [3.05, 3.63) is 57.8 Å². The molecule has 1 aromatic rings. The van der Waals surface area contributed by atoms with E-state index in [2.05, 4.69) is 0 Å². The second kappa shape index (κ2) is 6.96.